The molecule has 2 aliphatic heterocycles. The number of likely N-dealkylation sites (tertiary alicyclic amines) is 1. The molecule has 0 bridgehead atoms. The lowest BCUT2D eigenvalue weighted by Gasteiger charge is -2.18. The Labute approximate surface area is 99.3 Å². The van der Waals surface area contributed by atoms with Crippen molar-refractivity contribution < 1.29 is 4.74 Å². The minimum absolute atomic E-state index is 0.364. The summed E-state index contributed by atoms with van der Waals surface area (Å²) in [5.41, 5.74) is 5.94. The topological polar surface area (TPSA) is 38.5 Å². The molecule has 94 valence electrons. The van der Waals surface area contributed by atoms with Gasteiger partial charge >= 0.3 is 0 Å². The van der Waals surface area contributed by atoms with Crippen molar-refractivity contribution in [3.05, 3.63) is 0 Å². The van der Waals surface area contributed by atoms with Crippen LogP contribution in [-0.2, 0) is 4.74 Å². The Morgan fingerprint density at radius 3 is 2.94 bits per heavy atom. The van der Waals surface area contributed by atoms with Crippen LogP contribution >= 0.6 is 0 Å². The zero-order valence-corrected chi connectivity index (χ0v) is 10.5. The normalized spacial score (nSPS) is 33.4. The Morgan fingerprint density at radius 1 is 1.44 bits per heavy atom. The van der Waals surface area contributed by atoms with E-state index < -0.39 is 0 Å². The molecule has 3 nitrogen and oxygen atoms in total. The van der Waals surface area contributed by atoms with Crippen molar-refractivity contribution in [3.63, 3.8) is 0 Å². The van der Waals surface area contributed by atoms with Crippen LogP contribution in [0, 0.1) is 5.92 Å². The fraction of sp³-hybridized carbons (Fsp3) is 1.00. The third-order valence-corrected chi connectivity index (χ3v) is 4.08. The molecular formula is C13H26N2O. The van der Waals surface area contributed by atoms with E-state index in [0.29, 0.717) is 12.1 Å². The van der Waals surface area contributed by atoms with Crippen molar-refractivity contribution in [2.75, 3.05) is 26.2 Å². The molecule has 0 radical (unpaired) electrons. The van der Waals surface area contributed by atoms with Crippen LogP contribution in [0.4, 0.5) is 0 Å². The van der Waals surface area contributed by atoms with Crippen molar-refractivity contribution in [1.82, 2.24) is 4.90 Å². The quantitative estimate of drug-likeness (QED) is 0.774. The van der Waals surface area contributed by atoms with E-state index in [1.54, 1.807) is 0 Å². The van der Waals surface area contributed by atoms with Gasteiger partial charge in [-0.15, -0.1) is 0 Å². The maximum atomic E-state index is 5.94. The Balaban J connectivity index is 1.57. The smallest absolute Gasteiger partial charge is 0.0576 e. The average molecular weight is 226 g/mol. The molecule has 0 aromatic rings. The van der Waals surface area contributed by atoms with Gasteiger partial charge in [-0.3, -0.25) is 0 Å². The van der Waals surface area contributed by atoms with Crippen LogP contribution < -0.4 is 5.73 Å². The van der Waals surface area contributed by atoms with Crippen LogP contribution in [0.3, 0.4) is 0 Å². The summed E-state index contributed by atoms with van der Waals surface area (Å²) >= 11 is 0. The van der Waals surface area contributed by atoms with Gasteiger partial charge < -0.3 is 15.4 Å². The van der Waals surface area contributed by atoms with Crippen molar-refractivity contribution in [2.45, 2.75) is 51.2 Å². The molecule has 3 heteroatoms. The van der Waals surface area contributed by atoms with Crippen LogP contribution in [-0.4, -0.2) is 43.3 Å². The lowest BCUT2D eigenvalue weighted by molar-refractivity contribution is 0.0995. The Bertz CT molecular complexity index is 202. The fourth-order valence-electron chi connectivity index (χ4n) is 2.91. The molecule has 0 aliphatic carbocycles. The second-order valence-electron chi connectivity index (χ2n) is 5.49. The van der Waals surface area contributed by atoms with Crippen molar-refractivity contribution in [1.29, 1.82) is 0 Å². The zero-order chi connectivity index (χ0) is 11.4. The maximum absolute atomic E-state index is 5.94. The highest BCUT2D eigenvalue weighted by molar-refractivity contribution is 4.80. The lowest BCUT2D eigenvalue weighted by Crippen LogP contribution is -2.30. The van der Waals surface area contributed by atoms with E-state index in [2.05, 4.69) is 11.8 Å². The molecule has 2 N–H and O–H groups in total. The van der Waals surface area contributed by atoms with Crippen molar-refractivity contribution in [2.24, 2.45) is 11.7 Å². The van der Waals surface area contributed by atoms with Crippen LogP contribution in [0.2, 0.25) is 0 Å². The van der Waals surface area contributed by atoms with E-state index in [1.807, 2.05) is 0 Å². The first-order valence-electron chi connectivity index (χ1n) is 6.85. The Kier molecular flexibility index (Phi) is 4.62. The Morgan fingerprint density at radius 2 is 2.31 bits per heavy atom. The first-order valence-corrected chi connectivity index (χ1v) is 6.85. The van der Waals surface area contributed by atoms with Gasteiger partial charge in [0, 0.05) is 19.2 Å². The van der Waals surface area contributed by atoms with Gasteiger partial charge in [0.2, 0.25) is 0 Å². The summed E-state index contributed by atoms with van der Waals surface area (Å²) in [7, 11) is 0. The summed E-state index contributed by atoms with van der Waals surface area (Å²) in [5.74, 6) is 0.725. The number of nitrogens with two attached hydrogens (primary N) is 1. The van der Waals surface area contributed by atoms with Crippen LogP contribution in [0.1, 0.15) is 39.0 Å². The van der Waals surface area contributed by atoms with Gasteiger partial charge in [0.1, 0.15) is 0 Å². The van der Waals surface area contributed by atoms with E-state index in [-0.39, 0.29) is 0 Å². The third kappa shape index (κ3) is 3.44. The highest BCUT2D eigenvalue weighted by atomic mass is 16.5. The van der Waals surface area contributed by atoms with E-state index in [9.17, 15) is 0 Å². The lowest BCUT2D eigenvalue weighted by atomic mass is 10.0. The van der Waals surface area contributed by atoms with Gasteiger partial charge in [0.15, 0.2) is 0 Å². The molecule has 2 heterocycles. The van der Waals surface area contributed by atoms with Gasteiger partial charge in [-0.1, -0.05) is 0 Å². The number of ether oxygens (including phenoxy) is 1. The Hall–Kier alpha value is -0.120. The first-order chi connectivity index (χ1) is 7.75. The summed E-state index contributed by atoms with van der Waals surface area (Å²) in [6.07, 6.45) is 6.93. The molecular weight excluding hydrogens is 200 g/mol. The van der Waals surface area contributed by atoms with Gasteiger partial charge in [-0.2, -0.15) is 0 Å². The van der Waals surface area contributed by atoms with Crippen molar-refractivity contribution >= 4 is 0 Å². The van der Waals surface area contributed by atoms with Crippen LogP contribution in [0.25, 0.3) is 0 Å². The highest BCUT2D eigenvalue weighted by Crippen LogP contribution is 2.21. The van der Waals surface area contributed by atoms with E-state index in [4.69, 9.17) is 10.5 Å². The van der Waals surface area contributed by atoms with E-state index in [1.165, 1.54) is 51.7 Å². The predicted molar refractivity (Wildman–Crippen MR) is 66.4 cm³/mol. The summed E-state index contributed by atoms with van der Waals surface area (Å²) in [4.78, 5) is 2.57. The minimum Gasteiger partial charge on any atom is -0.378 e. The molecule has 3 unspecified atom stereocenters. The molecule has 16 heavy (non-hydrogen) atoms. The van der Waals surface area contributed by atoms with Crippen LogP contribution in [0.5, 0.6) is 0 Å². The average Bonchev–Trinajstić information content (AvgIpc) is 2.87. The number of rotatable bonds is 5. The zero-order valence-electron chi connectivity index (χ0n) is 10.5. The number of hydrogen-bond acceptors (Lipinski definition) is 3. The van der Waals surface area contributed by atoms with Gasteiger partial charge in [-0.25, -0.2) is 0 Å². The molecule has 0 amide bonds. The maximum Gasteiger partial charge on any atom is 0.0576 e. The highest BCUT2D eigenvalue weighted by Gasteiger charge is 2.25. The first kappa shape index (κ1) is 12.3. The summed E-state index contributed by atoms with van der Waals surface area (Å²) in [5, 5.41) is 0. The van der Waals surface area contributed by atoms with Gasteiger partial charge in [0.25, 0.3) is 0 Å². The molecule has 0 saturated carbocycles. The third-order valence-electron chi connectivity index (χ3n) is 4.08. The molecule has 2 rings (SSSR count). The largest absolute Gasteiger partial charge is 0.378 e. The van der Waals surface area contributed by atoms with E-state index in [0.717, 1.165) is 12.5 Å². The fourth-order valence-corrected chi connectivity index (χ4v) is 2.91. The summed E-state index contributed by atoms with van der Waals surface area (Å²) in [6, 6.07) is 0.364. The number of hydrogen-bond donors (Lipinski definition) is 1. The number of nitrogens with zero attached hydrogens (tertiary/aromatic N) is 1. The van der Waals surface area contributed by atoms with Gasteiger partial charge in [0.05, 0.1) is 6.10 Å². The molecule has 2 fully saturated rings. The standard InChI is InChI=1S/C13H26N2O/c1-11(14)12-6-8-15(10-12)7-2-4-13-5-3-9-16-13/h11-13H,2-10,14H2,1H3. The molecule has 0 aromatic carbocycles. The molecule has 2 saturated heterocycles. The minimum atomic E-state index is 0.364. The second-order valence-corrected chi connectivity index (χ2v) is 5.49. The van der Waals surface area contributed by atoms with Crippen molar-refractivity contribution in [3.8, 4) is 0 Å². The second kappa shape index (κ2) is 5.99. The summed E-state index contributed by atoms with van der Waals surface area (Å²) in [6.45, 7) is 6.83. The SMILES string of the molecule is CC(N)C1CCN(CCCC2CCCO2)C1. The monoisotopic (exact) mass is 226 g/mol. The predicted octanol–water partition coefficient (Wildman–Crippen LogP) is 1.61. The molecule has 2 aliphatic rings. The summed E-state index contributed by atoms with van der Waals surface area (Å²) < 4.78 is 5.64. The van der Waals surface area contributed by atoms with E-state index >= 15 is 0 Å². The molecule has 0 aromatic heterocycles. The van der Waals surface area contributed by atoms with Gasteiger partial charge in [-0.05, 0) is 58.0 Å². The van der Waals surface area contributed by atoms with Crippen LogP contribution in [0.15, 0.2) is 0 Å². The molecule has 0 spiro atoms. The molecule has 3 atom stereocenters.